The zero-order valence-electron chi connectivity index (χ0n) is 32.0. The molecule has 0 radical (unpaired) electrons. The Bertz CT molecular complexity index is 2340. The van der Waals surface area contributed by atoms with E-state index in [0.717, 1.165) is 22.3 Å². The number of aromatic nitrogens is 1. The number of nitrogens with one attached hydrogen (secondary N) is 2. The number of likely N-dealkylation sites (tertiary alicyclic amines) is 1. The van der Waals surface area contributed by atoms with Crippen LogP contribution in [-0.2, 0) is 14.8 Å². The first-order chi connectivity index (χ1) is 27.8. The van der Waals surface area contributed by atoms with Gasteiger partial charge in [-0.3, -0.25) is 14.6 Å². The van der Waals surface area contributed by atoms with Gasteiger partial charge in [-0.05, 0) is 104 Å². The predicted molar refractivity (Wildman–Crippen MR) is 219 cm³/mol. The zero-order valence-corrected chi connectivity index (χ0v) is 33.6. The number of ether oxygens (including phenoxy) is 2. The Kier molecular flexibility index (Phi) is 13.8. The number of methoxy groups -OCH3 is 1. The lowest BCUT2D eigenvalue weighted by Crippen LogP contribution is -2.40. The van der Waals surface area contributed by atoms with Crippen LogP contribution in [0.5, 0.6) is 11.5 Å². The van der Waals surface area contributed by atoms with Crippen LogP contribution in [0.2, 0.25) is 5.02 Å². The SMILES string of the molecule is COc1ccc(S(=O)(=O)N(CCNc2cc(C)nc3ccc(Cl)cc23)CCC(=O)Nc2ccc(C(=O)N3CCC(O)CC3)cc2OCC(O)c2ccc(F)cc2)cc1. The second-order valence-electron chi connectivity index (χ2n) is 13.9. The molecule has 1 fully saturated rings. The van der Waals surface area contributed by atoms with Gasteiger partial charge in [-0.15, -0.1) is 0 Å². The average molecular weight is 834 g/mol. The maximum atomic E-state index is 14.0. The van der Waals surface area contributed by atoms with E-state index in [1.807, 2.05) is 19.1 Å². The number of anilines is 2. The molecule has 5 aromatic rings. The molecule has 13 nitrogen and oxygen atoms in total. The highest BCUT2D eigenvalue weighted by Crippen LogP contribution is 2.30. The zero-order chi connectivity index (χ0) is 41.4. The highest BCUT2D eigenvalue weighted by Gasteiger charge is 2.27. The van der Waals surface area contributed by atoms with Crippen molar-refractivity contribution < 1.29 is 42.1 Å². The first kappa shape index (κ1) is 42.3. The molecule has 1 aliphatic rings. The summed E-state index contributed by atoms with van der Waals surface area (Å²) in [6, 6.07) is 22.9. The molecule has 2 amide bonds. The Balaban J connectivity index is 1.20. The minimum absolute atomic E-state index is 0.00889. The molecule has 1 aromatic heterocycles. The highest BCUT2D eigenvalue weighted by atomic mass is 35.5. The summed E-state index contributed by atoms with van der Waals surface area (Å²) >= 11 is 6.28. The molecule has 2 heterocycles. The Morgan fingerprint density at radius 1 is 0.983 bits per heavy atom. The van der Waals surface area contributed by atoms with Crippen LogP contribution in [0.4, 0.5) is 15.8 Å². The van der Waals surface area contributed by atoms with Gasteiger partial charge in [0.2, 0.25) is 15.9 Å². The van der Waals surface area contributed by atoms with Gasteiger partial charge in [0.25, 0.3) is 5.91 Å². The van der Waals surface area contributed by atoms with Gasteiger partial charge in [-0.25, -0.2) is 12.8 Å². The number of hydrogen-bond acceptors (Lipinski definition) is 10. The average Bonchev–Trinajstić information content (AvgIpc) is 3.21. The van der Waals surface area contributed by atoms with Crippen LogP contribution in [0, 0.1) is 12.7 Å². The van der Waals surface area contributed by atoms with E-state index in [0.29, 0.717) is 42.3 Å². The van der Waals surface area contributed by atoms with Crippen molar-refractivity contribution in [1.29, 1.82) is 0 Å². The van der Waals surface area contributed by atoms with Crippen LogP contribution in [0.15, 0.2) is 95.9 Å². The maximum Gasteiger partial charge on any atom is 0.253 e. The van der Waals surface area contributed by atoms with E-state index in [-0.39, 0.29) is 60.5 Å². The standard InChI is InChI=1S/C42H45ClFN5O8S/c1-27-23-38(35-25-30(43)6-14-36(35)46-27)45-18-22-49(58(54,55)34-11-9-33(56-2)10-12-34)21-17-41(52)47-37-13-5-29(42(53)48-19-15-32(50)16-20-48)24-40(37)57-26-39(51)28-3-7-31(44)8-4-28/h3-14,23-25,32,39,50-51H,15-22,26H2,1-2H3,(H,45,46)(H,47,52). The first-order valence-electron chi connectivity index (χ1n) is 18.7. The molecule has 1 saturated heterocycles. The van der Waals surface area contributed by atoms with Gasteiger partial charge in [-0.2, -0.15) is 4.31 Å². The molecule has 1 unspecified atom stereocenters. The van der Waals surface area contributed by atoms with Crippen molar-refractivity contribution in [2.24, 2.45) is 0 Å². The number of amides is 2. The minimum Gasteiger partial charge on any atom is -0.497 e. The van der Waals surface area contributed by atoms with Gasteiger partial charge in [0.05, 0.1) is 29.3 Å². The quantitative estimate of drug-likeness (QED) is 0.0900. The number of pyridine rings is 1. The molecule has 0 saturated carbocycles. The molecule has 0 bridgehead atoms. The second-order valence-corrected chi connectivity index (χ2v) is 16.3. The molecular formula is C42H45ClFN5O8S. The number of halogens is 2. The topological polar surface area (TPSA) is 171 Å². The molecular weight excluding hydrogens is 789 g/mol. The summed E-state index contributed by atoms with van der Waals surface area (Å²) in [4.78, 5) is 33.2. The third kappa shape index (κ3) is 10.6. The lowest BCUT2D eigenvalue weighted by atomic mass is 10.1. The van der Waals surface area contributed by atoms with Crippen molar-refractivity contribution >= 4 is 55.7 Å². The van der Waals surface area contributed by atoms with Crippen LogP contribution in [0.3, 0.4) is 0 Å². The second kappa shape index (κ2) is 19.0. The third-order valence-electron chi connectivity index (χ3n) is 9.77. The maximum absolute atomic E-state index is 14.0. The molecule has 0 aliphatic carbocycles. The van der Waals surface area contributed by atoms with E-state index in [2.05, 4.69) is 15.6 Å². The molecule has 1 atom stereocenters. The molecule has 58 heavy (non-hydrogen) atoms. The van der Waals surface area contributed by atoms with E-state index in [9.17, 15) is 32.6 Å². The Morgan fingerprint density at radius 3 is 2.41 bits per heavy atom. The number of aryl methyl sites for hydroxylation is 1. The molecule has 6 rings (SSSR count). The van der Waals surface area contributed by atoms with E-state index >= 15 is 0 Å². The van der Waals surface area contributed by atoms with Gasteiger partial charge < -0.3 is 35.2 Å². The van der Waals surface area contributed by atoms with Gasteiger partial charge >= 0.3 is 0 Å². The highest BCUT2D eigenvalue weighted by molar-refractivity contribution is 7.89. The fourth-order valence-electron chi connectivity index (χ4n) is 6.56. The Morgan fingerprint density at radius 2 is 1.71 bits per heavy atom. The summed E-state index contributed by atoms with van der Waals surface area (Å²) in [6.45, 7) is 2.29. The molecule has 4 aromatic carbocycles. The van der Waals surface area contributed by atoms with Crippen LogP contribution in [0.1, 0.15) is 47.0 Å². The van der Waals surface area contributed by atoms with E-state index in [4.69, 9.17) is 21.1 Å². The van der Waals surface area contributed by atoms with Gasteiger partial charge in [0.15, 0.2) is 0 Å². The van der Waals surface area contributed by atoms with Crippen molar-refractivity contribution in [3.8, 4) is 11.5 Å². The van der Waals surface area contributed by atoms with Crippen molar-refractivity contribution in [2.75, 3.05) is 57.1 Å². The summed E-state index contributed by atoms with van der Waals surface area (Å²) in [6.07, 6.45) is -0.995. The van der Waals surface area contributed by atoms with Crippen molar-refractivity contribution in [3.05, 3.63) is 119 Å². The van der Waals surface area contributed by atoms with Gasteiger partial charge in [0.1, 0.15) is 30.0 Å². The molecule has 16 heteroatoms. The van der Waals surface area contributed by atoms with Crippen molar-refractivity contribution in [1.82, 2.24) is 14.2 Å². The lowest BCUT2D eigenvalue weighted by Gasteiger charge is -2.29. The number of fused-ring (bicyclic) bond motifs is 1. The van der Waals surface area contributed by atoms with Crippen LogP contribution < -0.4 is 20.1 Å². The molecule has 306 valence electrons. The fourth-order valence-corrected chi connectivity index (χ4v) is 8.17. The third-order valence-corrected chi connectivity index (χ3v) is 11.9. The Labute approximate surface area is 341 Å². The molecule has 1 aliphatic heterocycles. The van der Waals surface area contributed by atoms with Gasteiger partial charge in [-0.1, -0.05) is 23.7 Å². The largest absolute Gasteiger partial charge is 0.497 e. The summed E-state index contributed by atoms with van der Waals surface area (Å²) in [7, 11) is -2.62. The number of piperidine rings is 1. The molecule has 4 N–H and O–H groups in total. The smallest absolute Gasteiger partial charge is 0.253 e. The van der Waals surface area contributed by atoms with E-state index < -0.39 is 34.0 Å². The van der Waals surface area contributed by atoms with Crippen LogP contribution >= 0.6 is 11.6 Å². The Hall–Kier alpha value is -5.32. The first-order valence-corrected chi connectivity index (χ1v) is 20.5. The molecule has 0 spiro atoms. The lowest BCUT2D eigenvalue weighted by molar-refractivity contribution is -0.116. The summed E-state index contributed by atoms with van der Waals surface area (Å²) in [5, 5.41) is 28.1. The number of benzene rings is 4. The van der Waals surface area contributed by atoms with E-state index in [1.165, 1.54) is 66.0 Å². The van der Waals surface area contributed by atoms with Gasteiger partial charge in [0, 0.05) is 66.5 Å². The number of aliphatic hydroxyl groups excluding tert-OH is 2. The predicted octanol–water partition coefficient (Wildman–Crippen LogP) is 6.19. The fraction of sp³-hybridized carbons (Fsp3) is 0.310. The van der Waals surface area contributed by atoms with E-state index in [1.54, 1.807) is 29.2 Å². The minimum atomic E-state index is -4.10. The number of aliphatic hydroxyl groups is 2. The number of carbonyl (C=O) groups excluding carboxylic acids is 2. The van der Waals surface area contributed by atoms with Crippen LogP contribution in [-0.4, -0.2) is 97.2 Å². The monoisotopic (exact) mass is 833 g/mol. The normalized spacial score (nSPS) is 14.0. The summed E-state index contributed by atoms with van der Waals surface area (Å²) in [5.74, 6) is -0.728. The van der Waals surface area contributed by atoms with Crippen LogP contribution in [0.25, 0.3) is 10.9 Å². The van der Waals surface area contributed by atoms with Crippen molar-refractivity contribution in [3.63, 3.8) is 0 Å². The number of carbonyl (C=O) groups is 2. The van der Waals surface area contributed by atoms with Crippen molar-refractivity contribution in [2.45, 2.75) is 43.3 Å². The number of rotatable bonds is 16. The summed E-state index contributed by atoms with van der Waals surface area (Å²) < 4.78 is 54.0. The number of hydrogen-bond donors (Lipinski definition) is 4. The number of sulfonamides is 1. The number of nitrogens with zero attached hydrogens (tertiary/aromatic N) is 3. The summed E-state index contributed by atoms with van der Waals surface area (Å²) in [5.41, 5.74) is 3.06.